The predicted molar refractivity (Wildman–Crippen MR) is 90.2 cm³/mol. The average Bonchev–Trinajstić information content (AvgIpc) is 2.49. The zero-order valence-electron chi connectivity index (χ0n) is 14.1. The van der Waals surface area contributed by atoms with E-state index in [9.17, 15) is 4.39 Å². The van der Waals surface area contributed by atoms with Gasteiger partial charge in [0.05, 0.1) is 0 Å². The van der Waals surface area contributed by atoms with Gasteiger partial charge in [-0.3, -0.25) is 0 Å². The molecule has 0 aromatic heterocycles. The van der Waals surface area contributed by atoms with Crippen LogP contribution in [0.4, 0.5) is 4.39 Å². The highest BCUT2D eigenvalue weighted by molar-refractivity contribution is 5.26. The van der Waals surface area contributed by atoms with E-state index in [1.807, 2.05) is 19.1 Å². The molecule has 1 atom stereocenters. The van der Waals surface area contributed by atoms with Gasteiger partial charge in [0, 0.05) is 6.04 Å². The molecule has 0 aliphatic heterocycles. The predicted octanol–water partition coefficient (Wildman–Crippen LogP) is 5.93. The largest absolute Gasteiger partial charge is 0.310 e. The summed E-state index contributed by atoms with van der Waals surface area (Å²) >= 11 is 0. The molecule has 1 aromatic rings. The van der Waals surface area contributed by atoms with Gasteiger partial charge < -0.3 is 5.32 Å². The Morgan fingerprint density at radius 2 is 1.71 bits per heavy atom. The number of halogens is 1. The average molecular weight is 293 g/mol. The molecule has 1 nitrogen and oxygen atoms in total. The van der Waals surface area contributed by atoms with Crippen molar-refractivity contribution in [2.75, 3.05) is 6.54 Å². The fraction of sp³-hybridized carbons (Fsp3) is 0.684. The number of hydrogen-bond acceptors (Lipinski definition) is 1. The van der Waals surface area contributed by atoms with Crippen LogP contribution >= 0.6 is 0 Å². The van der Waals surface area contributed by atoms with E-state index in [1.54, 1.807) is 6.07 Å². The van der Waals surface area contributed by atoms with E-state index in [0.717, 1.165) is 24.9 Å². The maximum atomic E-state index is 13.4. The van der Waals surface area contributed by atoms with Crippen LogP contribution in [0.15, 0.2) is 18.2 Å². The summed E-state index contributed by atoms with van der Waals surface area (Å²) in [6, 6.07) is 5.91. The lowest BCUT2D eigenvalue weighted by atomic mass is 9.98. The topological polar surface area (TPSA) is 12.0 Å². The van der Waals surface area contributed by atoms with Crippen molar-refractivity contribution < 1.29 is 4.39 Å². The third kappa shape index (κ3) is 7.08. The molecular formula is C19H32FN. The summed E-state index contributed by atoms with van der Waals surface area (Å²) < 4.78 is 13.4. The van der Waals surface area contributed by atoms with Gasteiger partial charge in [-0.05, 0) is 43.5 Å². The van der Waals surface area contributed by atoms with E-state index in [-0.39, 0.29) is 5.82 Å². The molecule has 0 radical (unpaired) electrons. The van der Waals surface area contributed by atoms with Crippen LogP contribution in [0.1, 0.15) is 82.4 Å². The van der Waals surface area contributed by atoms with Gasteiger partial charge in [0.15, 0.2) is 0 Å². The second-order valence-electron chi connectivity index (χ2n) is 6.07. The van der Waals surface area contributed by atoms with Crippen LogP contribution in [0, 0.1) is 12.7 Å². The van der Waals surface area contributed by atoms with Crippen LogP contribution in [-0.4, -0.2) is 6.54 Å². The quantitative estimate of drug-likeness (QED) is 0.499. The molecule has 21 heavy (non-hydrogen) atoms. The maximum absolute atomic E-state index is 13.4. The number of nitrogens with one attached hydrogen (secondary N) is 1. The molecule has 2 heteroatoms. The second kappa shape index (κ2) is 10.8. The summed E-state index contributed by atoms with van der Waals surface area (Å²) in [6.45, 7) is 7.31. The molecular weight excluding hydrogens is 261 g/mol. The summed E-state index contributed by atoms with van der Waals surface area (Å²) in [5.74, 6) is -0.104. The van der Waals surface area contributed by atoms with Crippen LogP contribution in [0.25, 0.3) is 0 Å². The minimum absolute atomic E-state index is 0.104. The monoisotopic (exact) mass is 293 g/mol. The van der Waals surface area contributed by atoms with E-state index in [2.05, 4.69) is 19.2 Å². The lowest BCUT2D eigenvalue weighted by Gasteiger charge is -2.19. The van der Waals surface area contributed by atoms with Gasteiger partial charge in [0.2, 0.25) is 0 Å². The number of aryl methyl sites for hydroxylation is 1. The van der Waals surface area contributed by atoms with Crippen LogP contribution in [0.2, 0.25) is 0 Å². The number of hydrogen-bond donors (Lipinski definition) is 1. The van der Waals surface area contributed by atoms with Crippen molar-refractivity contribution in [1.29, 1.82) is 0 Å². The Balaban J connectivity index is 2.48. The second-order valence-corrected chi connectivity index (χ2v) is 6.07. The molecule has 1 rings (SSSR count). The van der Waals surface area contributed by atoms with Crippen LogP contribution in [-0.2, 0) is 0 Å². The van der Waals surface area contributed by atoms with E-state index < -0.39 is 0 Å². The first kappa shape index (κ1) is 18.2. The zero-order valence-corrected chi connectivity index (χ0v) is 14.1. The minimum atomic E-state index is -0.104. The SMILES string of the molecule is CCCCCCCCC(NCCC)c1ccc(F)c(C)c1. The first-order valence-corrected chi connectivity index (χ1v) is 8.68. The molecule has 1 aromatic carbocycles. The zero-order chi connectivity index (χ0) is 15.5. The van der Waals surface area contributed by atoms with Crippen molar-refractivity contribution in [2.24, 2.45) is 0 Å². The molecule has 1 N–H and O–H groups in total. The van der Waals surface area contributed by atoms with Crippen molar-refractivity contribution in [3.8, 4) is 0 Å². The fourth-order valence-corrected chi connectivity index (χ4v) is 2.72. The third-order valence-corrected chi connectivity index (χ3v) is 4.07. The van der Waals surface area contributed by atoms with Crippen LogP contribution in [0.5, 0.6) is 0 Å². The Morgan fingerprint density at radius 3 is 2.38 bits per heavy atom. The highest BCUT2D eigenvalue weighted by Gasteiger charge is 2.11. The van der Waals surface area contributed by atoms with Crippen molar-refractivity contribution in [2.45, 2.75) is 78.2 Å². The summed E-state index contributed by atoms with van der Waals surface area (Å²) in [5.41, 5.74) is 1.98. The Labute approximate surface area is 130 Å². The number of rotatable bonds is 11. The minimum Gasteiger partial charge on any atom is -0.310 e. The van der Waals surface area contributed by atoms with Gasteiger partial charge in [-0.1, -0.05) is 64.5 Å². The molecule has 1 unspecified atom stereocenters. The third-order valence-electron chi connectivity index (χ3n) is 4.07. The molecule has 0 saturated heterocycles. The molecule has 120 valence electrons. The van der Waals surface area contributed by atoms with E-state index in [4.69, 9.17) is 0 Å². The Morgan fingerprint density at radius 1 is 1.00 bits per heavy atom. The van der Waals surface area contributed by atoms with Crippen molar-refractivity contribution in [1.82, 2.24) is 5.32 Å². The molecule has 0 fully saturated rings. The lowest BCUT2D eigenvalue weighted by molar-refractivity contribution is 0.465. The Bertz CT molecular complexity index is 389. The summed E-state index contributed by atoms with van der Waals surface area (Å²) in [6.07, 6.45) is 10.2. The first-order chi connectivity index (χ1) is 10.2. The molecule has 0 bridgehead atoms. The van der Waals surface area contributed by atoms with Gasteiger partial charge in [-0.25, -0.2) is 4.39 Å². The maximum Gasteiger partial charge on any atom is 0.126 e. The normalized spacial score (nSPS) is 12.6. The standard InChI is InChI=1S/C19H32FN/c1-4-6-7-8-9-10-11-19(21-14-5-2)17-12-13-18(20)16(3)15-17/h12-13,15,19,21H,4-11,14H2,1-3H3. The summed E-state index contributed by atoms with van der Waals surface area (Å²) in [4.78, 5) is 0. The highest BCUT2D eigenvalue weighted by atomic mass is 19.1. The Kier molecular flexibility index (Phi) is 9.32. The summed E-state index contributed by atoms with van der Waals surface area (Å²) in [7, 11) is 0. The van der Waals surface area contributed by atoms with Crippen LogP contribution < -0.4 is 5.32 Å². The van der Waals surface area contributed by atoms with Gasteiger partial charge in [0.1, 0.15) is 5.82 Å². The van der Waals surface area contributed by atoms with Crippen LogP contribution in [0.3, 0.4) is 0 Å². The molecule has 0 aliphatic carbocycles. The van der Waals surface area contributed by atoms with Gasteiger partial charge in [-0.2, -0.15) is 0 Å². The molecule has 0 amide bonds. The van der Waals surface area contributed by atoms with Crippen molar-refractivity contribution >= 4 is 0 Å². The lowest BCUT2D eigenvalue weighted by Crippen LogP contribution is -2.22. The van der Waals surface area contributed by atoms with Crippen molar-refractivity contribution in [3.63, 3.8) is 0 Å². The highest BCUT2D eigenvalue weighted by Crippen LogP contribution is 2.22. The molecule has 0 aliphatic rings. The van der Waals surface area contributed by atoms with Gasteiger partial charge in [0.25, 0.3) is 0 Å². The fourth-order valence-electron chi connectivity index (χ4n) is 2.72. The molecule has 0 saturated carbocycles. The Hall–Kier alpha value is -0.890. The van der Waals surface area contributed by atoms with E-state index in [1.165, 1.54) is 44.1 Å². The molecule has 0 spiro atoms. The van der Waals surface area contributed by atoms with E-state index >= 15 is 0 Å². The number of benzene rings is 1. The smallest absolute Gasteiger partial charge is 0.126 e. The van der Waals surface area contributed by atoms with Gasteiger partial charge in [-0.15, -0.1) is 0 Å². The number of unbranched alkanes of at least 4 members (excludes halogenated alkanes) is 5. The van der Waals surface area contributed by atoms with E-state index in [0.29, 0.717) is 6.04 Å². The van der Waals surface area contributed by atoms with Crippen molar-refractivity contribution in [3.05, 3.63) is 35.1 Å². The molecule has 0 heterocycles. The first-order valence-electron chi connectivity index (χ1n) is 8.68. The van der Waals surface area contributed by atoms with Gasteiger partial charge >= 0.3 is 0 Å². The summed E-state index contributed by atoms with van der Waals surface area (Å²) in [5, 5.41) is 3.61.